The van der Waals surface area contributed by atoms with Crippen molar-refractivity contribution in [3.05, 3.63) is 59.9 Å². The summed E-state index contributed by atoms with van der Waals surface area (Å²) in [6, 6.07) is 17.6. The molecule has 0 bridgehead atoms. The summed E-state index contributed by atoms with van der Waals surface area (Å²) in [6.45, 7) is 2.14. The topological polar surface area (TPSA) is 79.7 Å². The van der Waals surface area contributed by atoms with Crippen molar-refractivity contribution in [2.75, 3.05) is 47.2 Å². The molecule has 2 aromatic rings. The first-order valence-corrected chi connectivity index (χ1v) is 11.4. The van der Waals surface area contributed by atoms with Crippen LogP contribution in [0, 0.1) is 11.3 Å². The van der Waals surface area contributed by atoms with Crippen LogP contribution in [0.5, 0.6) is 0 Å². The molecule has 1 N–H and O–H groups in total. The molecule has 4 rings (SSSR count). The first kappa shape index (κ1) is 22.4. The van der Waals surface area contributed by atoms with Gasteiger partial charge in [-0.2, -0.15) is 5.26 Å². The Morgan fingerprint density at radius 3 is 2.09 bits per heavy atom. The van der Waals surface area contributed by atoms with Gasteiger partial charge in [-0.05, 0) is 55.7 Å². The van der Waals surface area contributed by atoms with Crippen LogP contribution in [-0.2, 0) is 9.59 Å². The molecule has 0 atom stereocenters. The van der Waals surface area contributed by atoms with Crippen LogP contribution in [0.1, 0.15) is 32.1 Å². The van der Waals surface area contributed by atoms with Crippen molar-refractivity contribution in [1.82, 2.24) is 0 Å². The number of hydrogen-bond donors (Lipinski definition) is 1. The fourth-order valence-electron chi connectivity index (χ4n) is 4.54. The van der Waals surface area contributed by atoms with Crippen LogP contribution in [0.15, 0.2) is 59.9 Å². The molecule has 1 saturated heterocycles. The first-order chi connectivity index (χ1) is 16.0. The van der Waals surface area contributed by atoms with Gasteiger partial charge in [0, 0.05) is 51.4 Å². The van der Waals surface area contributed by atoms with Crippen molar-refractivity contribution in [3.8, 4) is 6.07 Å². The van der Waals surface area contributed by atoms with Crippen molar-refractivity contribution in [2.24, 2.45) is 0 Å². The molecule has 0 spiro atoms. The van der Waals surface area contributed by atoms with Gasteiger partial charge in [0.25, 0.3) is 0 Å². The number of carbonyl (C=O) groups is 2. The number of benzene rings is 2. The summed E-state index contributed by atoms with van der Waals surface area (Å²) in [5.41, 5.74) is 3.80. The minimum absolute atomic E-state index is 0.0194. The van der Waals surface area contributed by atoms with Crippen molar-refractivity contribution in [3.63, 3.8) is 0 Å². The predicted octanol–water partition coefficient (Wildman–Crippen LogP) is 4.29. The van der Waals surface area contributed by atoms with Crippen molar-refractivity contribution in [1.29, 1.82) is 5.26 Å². The molecule has 2 heterocycles. The number of nitrogens with zero attached hydrogens (tertiary/aromatic N) is 4. The Hall–Kier alpha value is -3.79. The minimum atomic E-state index is -0.338. The molecule has 1 amide bonds. The first-order valence-electron chi connectivity index (χ1n) is 11.4. The van der Waals surface area contributed by atoms with Gasteiger partial charge in [0.15, 0.2) is 5.78 Å². The molecule has 0 aliphatic carbocycles. The van der Waals surface area contributed by atoms with E-state index in [0.717, 1.165) is 24.5 Å². The lowest BCUT2D eigenvalue weighted by atomic mass is 10.1. The van der Waals surface area contributed by atoms with Crippen LogP contribution >= 0.6 is 0 Å². The smallest absolute Gasteiger partial charge is 0.224 e. The molecule has 2 aliphatic heterocycles. The standard InChI is InChI=1S/C26H29N5O2/c1-29-22-8-4-5-9-23(22)30(2)26(29)21(18-27)24(32)14-15-25(33)28-19-10-12-20(13-11-19)31-16-6-3-7-17-31/h4-5,8-13H,3,6-7,14-17H2,1-2H3,(H,28,33). The molecule has 2 aromatic carbocycles. The van der Waals surface area contributed by atoms with Crippen molar-refractivity contribution in [2.45, 2.75) is 32.1 Å². The molecule has 0 saturated carbocycles. The van der Waals surface area contributed by atoms with Gasteiger partial charge in [-0.1, -0.05) is 12.1 Å². The van der Waals surface area contributed by atoms with Crippen molar-refractivity contribution >= 4 is 34.4 Å². The highest BCUT2D eigenvalue weighted by Gasteiger charge is 2.31. The average Bonchev–Trinajstić information content (AvgIpc) is 3.10. The number of carbonyl (C=O) groups excluding carboxylic acids is 2. The van der Waals surface area contributed by atoms with E-state index in [0.29, 0.717) is 11.5 Å². The number of hydrogen-bond acceptors (Lipinski definition) is 6. The van der Waals surface area contributed by atoms with Gasteiger partial charge in [-0.3, -0.25) is 9.59 Å². The largest absolute Gasteiger partial charge is 0.372 e. The van der Waals surface area contributed by atoms with Gasteiger partial charge in [0.1, 0.15) is 17.5 Å². The number of piperidine rings is 1. The van der Waals surface area contributed by atoms with Crippen LogP contribution in [-0.4, -0.2) is 38.9 Å². The van der Waals surface area contributed by atoms with E-state index in [-0.39, 0.29) is 30.1 Å². The number of ketones is 1. The highest BCUT2D eigenvalue weighted by Crippen LogP contribution is 2.40. The molecule has 7 nitrogen and oxygen atoms in total. The zero-order valence-corrected chi connectivity index (χ0v) is 19.2. The Balaban J connectivity index is 1.36. The maximum absolute atomic E-state index is 12.9. The number of rotatable bonds is 6. The molecular formula is C26H29N5O2. The van der Waals surface area contributed by atoms with Gasteiger partial charge in [0.2, 0.25) is 5.91 Å². The highest BCUT2D eigenvalue weighted by atomic mass is 16.2. The van der Waals surface area contributed by atoms with Crippen molar-refractivity contribution < 1.29 is 9.59 Å². The number of fused-ring (bicyclic) bond motifs is 1. The lowest BCUT2D eigenvalue weighted by Gasteiger charge is -2.28. The molecule has 33 heavy (non-hydrogen) atoms. The Labute approximate surface area is 194 Å². The number of nitriles is 1. The van der Waals surface area contributed by atoms with E-state index < -0.39 is 0 Å². The van der Waals surface area contributed by atoms with Crippen LogP contribution in [0.2, 0.25) is 0 Å². The zero-order valence-electron chi connectivity index (χ0n) is 19.2. The van der Waals surface area contributed by atoms with E-state index in [1.165, 1.54) is 24.9 Å². The predicted molar refractivity (Wildman–Crippen MR) is 131 cm³/mol. The number of amides is 1. The SMILES string of the molecule is CN1C(=C(C#N)C(=O)CCC(=O)Nc2ccc(N3CCCCC3)cc2)N(C)c2ccccc21. The van der Waals surface area contributed by atoms with Gasteiger partial charge in [-0.15, -0.1) is 0 Å². The Bertz CT molecular complexity index is 1080. The second kappa shape index (κ2) is 9.78. The molecule has 2 aliphatic rings. The molecule has 170 valence electrons. The van der Waals surface area contributed by atoms with E-state index in [2.05, 4.69) is 16.3 Å². The molecule has 0 aromatic heterocycles. The summed E-state index contributed by atoms with van der Waals surface area (Å²) in [5.74, 6) is -0.0419. The summed E-state index contributed by atoms with van der Waals surface area (Å²) in [6.07, 6.45) is 3.71. The van der Waals surface area contributed by atoms with Crippen LogP contribution in [0.3, 0.4) is 0 Å². The maximum atomic E-state index is 12.9. The quantitative estimate of drug-likeness (QED) is 0.530. The maximum Gasteiger partial charge on any atom is 0.224 e. The third-order valence-corrected chi connectivity index (χ3v) is 6.31. The molecule has 1 fully saturated rings. The monoisotopic (exact) mass is 443 g/mol. The van der Waals surface area contributed by atoms with Crippen LogP contribution < -0.4 is 20.0 Å². The molecular weight excluding hydrogens is 414 g/mol. The summed E-state index contributed by atoms with van der Waals surface area (Å²) < 4.78 is 0. The zero-order chi connectivity index (χ0) is 23.4. The Morgan fingerprint density at radius 2 is 1.52 bits per heavy atom. The lowest BCUT2D eigenvalue weighted by molar-refractivity contribution is -0.120. The Kier molecular flexibility index (Phi) is 6.64. The highest BCUT2D eigenvalue weighted by molar-refractivity contribution is 6.04. The van der Waals surface area contributed by atoms with Crippen LogP contribution in [0.4, 0.5) is 22.7 Å². The fourth-order valence-corrected chi connectivity index (χ4v) is 4.54. The van der Waals surface area contributed by atoms with E-state index in [4.69, 9.17) is 0 Å². The number of para-hydroxylation sites is 2. The number of anilines is 4. The Morgan fingerprint density at radius 1 is 0.909 bits per heavy atom. The normalized spacial score (nSPS) is 15.2. The van der Waals surface area contributed by atoms with E-state index in [9.17, 15) is 14.9 Å². The average molecular weight is 444 g/mol. The molecule has 0 radical (unpaired) electrons. The number of allylic oxidation sites excluding steroid dienone is 1. The van der Waals surface area contributed by atoms with Gasteiger partial charge in [0.05, 0.1) is 11.4 Å². The van der Waals surface area contributed by atoms with Gasteiger partial charge < -0.3 is 20.0 Å². The van der Waals surface area contributed by atoms with E-state index in [1.54, 1.807) is 0 Å². The minimum Gasteiger partial charge on any atom is -0.372 e. The second-order valence-corrected chi connectivity index (χ2v) is 8.48. The fraction of sp³-hybridized carbons (Fsp3) is 0.346. The van der Waals surface area contributed by atoms with Crippen LogP contribution in [0.25, 0.3) is 0 Å². The van der Waals surface area contributed by atoms with E-state index >= 15 is 0 Å². The summed E-state index contributed by atoms with van der Waals surface area (Å²) in [4.78, 5) is 31.4. The summed E-state index contributed by atoms with van der Waals surface area (Å²) in [7, 11) is 3.67. The lowest BCUT2D eigenvalue weighted by Crippen LogP contribution is -2.29. The molecule has 0 unspecified atom stereocenters. The van der Waals surface area contributed by atoms with Gasteiger partial charge >= 0.3 is 0 Å². The third-order valence-electron chi connectivity index (χ3n) is 6.31. The summed E-state index contributed by atoms with van der Waals surface area (Å²) in [5, 5.41) is 12.6. The summed E-state index contributed by atoms with van der Waals surface area (Å²) >= 11 is 0. The number of nitrogens with one attached hydrogen (secondary N) is 1. The van der Waals surface area contributed by atoms with Gasteiger partial charge in [-0.25, -0.2) is 0 Å². The molecule has 7 heteroatoms. The third kappa shape index (κ3) is 4.70. The second-order valence-electron chi connectivity index (χ2n) is 8.48. The number of Topliss-reactive ketones (excluding diaryl/α,β-unsaturated/α-hetero) is 1. The van der Waals surface area contributed by atoms with E-state index in [1.807, 2.05) is 72.4 Å².